The number of hydrogen-bond donors (Lipinski definition) is 1. The molecule has 0 spiro atoms. The van der Waals surface area contributed by atoms with Crippen molar-refractivity contribution in [3.8, 4) is 0 Å². The number of alkyl halides is 3. The van der Waals surface area contributed by atoms with Crippen molar-refractivity contribution >= 4 is 15.9 Å². The Balaban J connectivity index is 3.22. The van der Waals surface area contributed by atoms with Crippen LogP contribution in [0.15, 0.2) is 22.7 Å². The Bertz CT molecular complexity index is 377. The van der Waals surface area contributed by atoms with Gasteiger partial charge in [0.15, 0.2) is 0 Å². The molecule has 0 aromatic heterocycles. The second kappa shape index (κ2) is 5.87. The zero-order chi connectivity index (χ0) is 13.1. The van der Waals surface area contributed by atoms with E-state index in [0.717, 1.165) is 6.07 Å². The molecule has 0 amide bonds. The monoisotopic (exact) mass is 309 g/mol. The minimum Gasteiger partial charge on any atom is -0.310 e. The van der Waals surface area contributed by atoms with Crippen molar-refractivity contribution in [2.75, 3.05) is 6.54 Å². The van der Waals surface area contributed by atoms with Gasteiger partial charge in [-0.15, -0.1) is 0 Å². The minimum atomic E-state index is -4.32. The number of benzene rings is 1. The highest BCUT2D eigenvalue weighted by Crippen LogP contribution is 2.37. The maximum Gasteiger partial charge on any atom is 0.416 e. The molecule has 17 heavy (non-hydrogen) atoms. The summed E-state index contributed by atoms with van der Waals surface area (Å²) in [6.45, 7) is 4.40. The fraction of sp³-hybridized carbons (Fsp3) is 0.500. The zero-order valence-electron chi connectivity index (χ0n) is 9.74. The first-order chi connectivity index (χ1) is 7.90. The van der Waals surface area contributed by atoms with E-state index in [1.807, 2.05) is 13.8 Å². The van der Waals surface area contributed by atoms with Crippen LogP contribution in [-0.2, 0) is 6.18 Å². The van der Waals surface area contributed by atoms with Gasteiger partial charge in [0.2, 0.25) is 0 Å². The van der Waals surface area contributed by atoms with Gasteiger partial charge in [-0.25, -0.2) is 0 Å². The van der Waals surface area contributed by atoms with Gasteiger partial charge in [-0.1, -0.05) is 35.8 Å². The third-order valence-electron chi connectivity index (χ3n) is 2.55. The van der Waals surface area contributed by atoms with Crippen molar-refractivity contribution < 1.29 is 13.2 Å². The molecular formula is C12H15BrF3N. The van der Waals surface area contributed by atoms with Crippen molar-refractivity contribution in [1.82, 2.24) is 5.32 Å². The lowest BCUT2D eigenvalue weighted by Crippen LogP contribution is -2.23. The van der Waals surface area contributed by atoms with Crippen LogP contribution in [0.25, 0.3) is 0 Å². The summed E-state index contributed by atoms with van der Waals surface area (Å²) < 4.78 is 39.2. The fourth-order valence-electron chi connectivity index (χ4n) is 1.80. The zero-order valence-corrected chi connectivity index (χ0v) is 11.3. The van der Waals surface area contributed by atoms with Gasteiger partial charge in [0.25, 0.3) is 0 Å². The highest BCUT2D eigenvalue weighted by molar-refractivity contribution is 9.10. The Morgan fingerprint density at radius 3 is 2.41 bits per heavy atom. The fourth-order valence-corrected chi connectivity index (χ4v) is 2.16. The quantitative estimate of drug-likeness (QED) is 0.861. The molecule has 5 heteroatoms. The lowest BCUT2D eigenvalue weighted by molar-refractivity contribution is -0.138. The number of halogens is 4. The second-order valence-electron chi connectivity index (χ2n) is 3.75. The topological polar surface area (TPSA) is 12.0 Å². The predicted octanol–water partition coefficient (Wildman–Crippen LogP) is 4.53. The van der Waals surface area contributed by atoms with Crippen LogP contribution in [0.2, 0.25) is 0 Å². The van der Waals surface area contributed by atoms with Gasteiger partial charge >= 0.3 is 6.18 Å². The Labute approximate surface area is 108 Å². The minimum absolute atomic E-state index is 0.260. The van der Waals surface area contributed by atoms with Crippen molar-refractivity contribution in [2.45, 2.75) is 32.5 Å². The largest absolute Gasteiger partial charge is 0.416 e. The van der Waals surface area contributed by atoms with Gasteiger partial charge in [-0.05, 0) is 30.7 Å². The van der Waals surface area contributed by atoms with E-state index in [-0.39, 0.29) is 6.04 Å². The second-order valence-corrected chi connectivity index (χ2v) is 4.66. The summed E-state index contributed by atoms with van der Waals surface area (Å²) in [7, 11) is 0. The van der Waals surface area contributed by atoms with Crippen LogP contribution in [0.3, 0.4) is 0 Å². The molecule has 0 radical (unpaired) electrons. The summed E-state index contributed by atoms with van der Waals surface area (Å²) in [5.41, 5.74) is -0.260. The van der Waals surface area contributed by atoms with Crippen LogP contribution in [0.5, 0.6) is 0 Å². The molecule has 0 heterocycles. The molecule has 0 fully saturated rings. The van der Waals surface area contributed by atoms with Gasteiger partial charge in [0.1, 0.15) is 0 Å². The van der Waals surface area contributed by atoms with E-state index in [1.54, 1.807) is 6.07 Å². The number of nitrogens with one attached hydrogen (secondary N) is 1. The van der Waals surface area contributed by atoms with Gasteiger partial charge < -0.3 is 5.32 Å². The van der Waals surface area contributed by atoms with Crippen LogP contribution in [0, 0.1) is 0 Å². The molecule has 0 aliphatic carbocycles. The maximum atomic E-state index is 12.9. The SMILES string of the molecule is CCNC(CC)c1ccc(Br)cc1C(F)(F)F. The lowest BCUT2D eigenvalue weighted by Gasteiger charge is -2.21. The van der Waals surface area contributed by atoms with Crippen LogP contribution in [0.4, 0.5) is 13.2 Å². The first kappa shape index (κ1) is 14.5. The Hall–Kier alpha value is -0.550. The van der Waals surface area contributed by atoms with Crippen LogP contribution in [-0.4, -0.2) is 6.54 Å². The first-order valence-corrected chi connectivity index (χ1v) is 6.29. The van der Waals surface area contributed by atoms with Crippen molar-refractivity contribution in [2.24, 2.45) is 0 Å². The van der Waals surface area contributed by atoms with E-state index in [1.165, 1.54) is 6.07 Å². The van der Waals surface area contributed by atoms with Gasteiger partial charge in [0.05, 0.1) is 5.56 Å². The highest BCUT2D eigenvalue weighted by Gasteiger charge is 2.34. The molecule has 96 valence electrons. The summed E-state index contributed by atoms with van der Waals surface area (Å²) >= 11 is 3.08. The summed E-state index contributed by atoms with van der Waals surface area (Å²) in [4.78, 5) is 0. The lowest BCUT2D eigenvalue weighted by atomic mass is 9.98. The van der Waals surface area contributed by atoms with Crippen molar-refractivity contribution in [3.63, 3.8) is 0 Å². The Kier molecular flexibility index (Phi) is 5.01. The third-order valence-corrected chi connectivity index (χ3v) is 3.05. The molecule has 0 saturated heterocycles. The highest BCUT2D eigenvalue weighted by atomic mass is 79.9. The van der Waals surface area contributed by atoms with E-state index < -0.39 is 11.7 Å². The van der Waals surface area contributed by atoms with Crippen LogP contribution < -0.4 is 5.32 Å². The van der Waals surface area contributed by atoms with Crippen LogP contribution in [0.1, 0.15) is 37.4 Å². The molecule has 1 N–H and O–H groups in total. The first-order valence-electron chi connectivity index (χ1n) is 5.50. The van der Waals surface area contributed by atoms with Gasteiger partial charge in [0, 0.05) is 10.5 Å². The molecule has 0 bridgehead atoms. The maximum absolute atomic E-state index is 12.9. The molecule has 1 unspecified atom stereocenters. The van der Waals surface area contributed by atoms with Crippen molar-refractivity contribution in [3.05, 3.63) is 33.8 Å². The van der Waals surface area contributed by atoms with Gasteiger partial charge in [-0.2, -0.15) is 13.2 Å². The molecular weight excluding hydrogens is 295 g/mol. The molecule has 1 rings (SSSR count). The molecule has 1 aromatic carbocycles. The van der Waals surface area contributed by atoms with E-state index in [0.29, 0.717) is 23.0 Å². The normalized spacial score (nSPS) is 13.8. The molecule has 1 atom stereocenters. The average molecular weight is 310 g/mol. The predicted molar refractivity (Wildman–Crippen MR) is 65.9 cm³/mol. The number of hydrogen-bond acceptors (Lipinski definition) is 1. The van der Waals surface area contributed by atoms with Crippen molar-refractivity contribution in [1.29, 1.82) is 0 Å². The molecule has 0 aliphatic rings. The molecule has 1 aromatic rings. The average Bonchev–Trinajstić information content (AvgIpc) is 2.25. The third kappa shape index (κ3) is 3.71. The molecule has 0 aliphatic heterocycles. The van der Waals surface area contributed by atoms with Gasteiger partial charge in [-0.3, -0.25) is 0 Å². The Morgan fingerprint density at radius 2 is 1.94 bits per heavy atom. The standard InChI is InChI=1S/C12H15BrF3N/c1-3-11(17-4-2)9-6-5-8(13)7-10(9)12(14,15)16/h5-7,11,17H,3-4H2,1-2H3. The Morgan fingerprint density at radius 1 is 1.29 bits per heavy atom. The summed E-state index contributed by atoms with van der Waals surface area (Å²) in [5, 5.41) is 3.07. The summed E-state index contributed by atoms with van der Waals surface area (Å²) in [6, 6.07) is 4.05. The summed E-state index contributed by atoms with van der Waals surface area (Å²) in [6.07, 6.45) is -3.69. The number of rotatable bonds is 4. The van der Waals surface area contributed by atoms with E-state index in [2.05, 4.69) is 21.2 Å². The van der Waals surface area contributed by atoms with Crippen LogP contribution >= 0.6 is 15.9 Å². The molecule has 1 nitrogen and oxygen atoms in total. The van der Waals surface area contributed by atoms with E-state index in [9.17, 15) is 13.2 Å². The van der Waals surface area contributed by atoms with E-state index >= 15 is 0 Å². The smallest absolute Gasteiger partial charge is 0.310 e. The molecule has 0 saturated carbocycles. The summed E-state index contributed by atoms with van der Waals surface area (Å²) in [5.74, 6) is 0. The van der Waals surface area contributed by atoms with E-state index in [4.69, 9.17) is 0 Å².